The lowest BCUT2D eigenvalue weighted by atomic mass is 9.93. The van der Waals surface area contributed by atoms with Crippen molar-refractivity contribution in [1.82, 2.24) is 0 Å². The van der Waals surface area contributed by atoms with Gasteiger partial charge in [-0.1, -0.05) is 58.3 Å². The van der Waals surface area contributed by atoms with Crippen LogP contribution < -0.4 is 0 Å². The van der Waals surface area contributed by atoms with Crippen LogP contribution in [0.4, 0.5) is 0 Å². The first-order valence-electron chi connectivity index (χ1n) is 8.24. The van der Waals surface area contributed by atoms with Crippen LogP contribution in [0.1, 0.15) is 85.0 Å². The molecular formula is C16H30O4S2. The molecule has 0 aromatic rings. The smallest absolute Gasteiger partial charge is 0.185 e. The minimum absolute atomic E-state index is 0.184. The first-order valence-corrected chi connectivity index (χ1v) is 10.4. The highest BCUT2D eigenvalue weighted by Crippen LogP contribution is 2.17. The average Bonchev–Trinajstić information content (AvgIpc) is 2.47. The zero-order chi connectivity index (χ0) is 17.0. The maximum absolute atomic E-state index is 11.1. The van der Waals surface area contributed by atoms with Gasteiger partial charge in [0.1, 0.15) is 0 Å². The lowest BCUT2D eigenvalue weighted by molar-refractivity contribution is 0.534. The molecule has 130 valence electrons. The van der Waals surface area contributed by atoms with E-state index in [0.29, 0.717) is 16.1 Å². The molecule has 0 amide bonds. The van der Waals surface area contributed by atoms with Crippen molar-refractivity contribution < 1.29 is 16.8 Å². The van der Waals surface area contributed by atoms with Crippen LogP contribution in [-0.4, -0.2) is 26.6 Å². The van der Waals surface area contributed by atoms with E-state index < -0.39 is 20.6 Å². The van der Waals surface area contributed by atoms with E-state index in [4.69, 9.17) is 0 Å². The first kappa shape index (κ1) is 21.4. The number of hydrogen-bond acceptors (Lipinski definition) is 4. The fourth-order valence-corrected chi connectivity index (χ4v) is 3.34. The topological polar surface area (TPSA) is 68.3 Å². The van der Waals surface area contributed by atoms with E-state index in [0.717, 1.165) is 19.3 Å². The molecule has 0 rings (SSSR count). The molecule has 0 aliphatic rings. The Balaban J connectivity index is 4.28. The largest absolute Gasteiger partial charge is 0.213 e. The molecule has 0 radical (unpaired) electrons. The van der Waals surface area contributed by atoms with E-state index in [1.165, 1.54) is 38.5 Å². The van der Waals surface area contributed by atoms with E-state index in [1.807, 2.05) is 0 Å². The third-order valence-electron chi connectivity index (χ3n) is 4.06. The summed E-state index contributed by atoms with van der Waals surface area (Å²) >= 11 is 0. The first-order chi connectivity index (χ1) is 10.4. The Labute approximate surface area is 138 Å². The van der Waals surface area contributed by atoms with Crippen molar-refractivity contribution in [2.45, 2.75) is 85.0 Å². The average molecular weight is 351 g/mol. The summed E-state index contributed by atoms with van der Waals surface area (Å²) in [6.07, 6.45) is 10.6. The zero-order valence-electron chi connectivity index (χ0n) is 14.1. The van der Waals surface area contributed by atoms with E-state index >= 15 is 0 Å². The summed E-state index contributed by atoms with van der Waals surface area (Å²) in [4.78, 5) is 0.696. The van der Waals surface area contributed by atoms with Gasteiger partial charge in [-0.15, -0.1) is 0 Å². The van der Waals surface area contributed by atoms with Crippen LogP contribution in [-0.2, 0) is 20.6 Å². The molecule has 0 aromatic carbocycles. The Morgan fingerprint density at radius 2 is 1.27 bits per heavy atom. The molecule has 0 N–H and O–H groups in total. The summed E-state index contributed by atoms with van der Waals surface area (Å²) < 4.78 is 44.1. The Bertz CT molecular complexity index is 555. The van der Waals surface area contributed by atoms with Crippen molar-refractivity contribution in [2.75, 3.05) is 0 Å². The van der Waals surface area contributed by atoms with Crippen molar-refractivity contribution in [2.24, 2.45) is 5.92 Å². The predicted octanol–water partition coefficient (Wildman–Crippen LogP) is 3.67. The molecule has 1 atom stereocenters. The highest BCUT2D eigenvalue weighted by molar-refractivity contribution is 7.73. The Hall–Kier alpha value is -0.620. The third kappa shape index (κ3) is 10.2. The van der Waals surface area contributed by atoms with Crippen LogP contribution in [0.2, 0.25) is 0 Å². The van der Waals surface area contributed by atoms with Crippen molar-refractivity contribution >= 4 is 30.3 Å². The van der Waals surface area contributed by atoms with Crippen molar-refractivity contribution in [3.8, 4) is 0 Å². The molecule has 0 saturated heterocycles. The lowest BCUT2D eigenvalue weighted by Crippen LogP contribution is -2.16. The second kappa shape index (κ2) is 12.9. The van der Waals surface area contributed by atoms with Gasteiger partial charge in [-0.3, -0.25) is 0 Å². The molecule has 0 heterocycles. The maximum Gasteiger partial charge on any atom is 0.213 e. The molecular weight excluding hydrogens is 320 g/mol. The minimum Gasteiger partial charge on any atom is -0.185 e. The third-order valence-corrected chi connectivity index (χ3v) is 5.66. The van der Waals surface area contributed by atoms with E-state index in [2.05, 4.69) is 6.92 Å². The lowest BCUT2D eigenvalue weighted by Gasteiger charge is -2.14. The second-order valence-electron chi connectivity index (χ2n) is 5.95. The van der Waals surface area contributed by atoms with Gasteiger partial charge >= 0.3 is 0 Å². The van der Waals surface area contributed by atoms with Crippen molar-refractivity contribution in [1.29, 1.82) is 0 Å². The van der Waals surface area contributed by atoms with E-state index in [-0.39, 0.29) is 5.92 Å². The second-order valence-corrected chi connectivity index (χ2v) is 8.23. The van der Waals surface area contributed by atoms with Gasteiger partial charge in [0, 0.05) is 9.73 Å². The number of hydrogen-bond donors (Lipinski definition) is 0. The molecule has 6 heteroatoms. The highest BCUT2D eigenvalue weighted by atomic mass is 32.2. The molecule has 0 bridgehead atoms. The number of rotatable bonds is 12. The summed E-state index contributed by atoms with van der Waals surface area (Å²) in [5.41, 5.74) is 0. The normalized spacial score (nSPS) is 12.0. The highest BCUT2D eigenvalue weighted by Gasteiger charge is 2.15. The van der Waals surface area contributed by atoms with Crippen molar-refractivity contribution in [3.05, 3.63) is 0 Å². The van der Waals surface area contributed by atoms with Crippen LogP contribution in [0.5, 0.6) is 0 Å². The molecule has 0 aromatic heterocycles. The van der Waals surface area contributed by atoms with Crippen LogP contribution >= 0.6 is 0 Å². The molecule has 22 heavy (non-hydrogen) atoms. The van der Waals surface area contributed by atoms with Gasteiger partial charge in [-0.2, -0.15) is 16.8 Å². The summed E-state index contributed by atoms with van der Waals surface area (Å²) in [6, 6.07) is 0. The van der Waals surface area contributed by atoms with Gasteiger partial charge in [0.05, 0.1) is 0 Å². The fourth-order valence-electron chi connectivity index (χ4n) is 2.52. The van der Waals surface area contributed by atoms with Gasteiger partial charge < -0.3 is 0 Å². The molecule has 0 saturated carbocycles. The quantitative estimate of drug-likeness (QED) is 0.398. The standard InChI is InChI=1S/C16H30O4S2/c1-4-5-6-7-8-9-10-11-12-16(15(3)22(19)20)13-14(2)21(17)18/h16H,4-13H2,1-3H3. The Kier molecular flexibility index (Phi) is 12.5. The molecule has 0 aliphatic carbocycles. The maximum atomic E-state index is 11.1. The van der Waals surface area contributed by atoms with Gasteiger partial charge in [0.15, 0.2) is 0 Å². The minimum atomic E-state index is -2.23. The van der Waals surface area contributed by atoms with Crippen LogP contribution in [0.25, 0.3) is 0 Å². The fraction of sp³-hybridized carbons (Fsp3) is 0.875. The van der Waals surface area contributed by atoms with E-state index in [9.17, 15) is 16.8 Å². The van der Waals surface area contributed by atoms with Crippen LogP contribution in [0.15, 0.2) is 0 Å². The van der Waals surface area contributed by atoms with Gasteiger partial charge in [-0.05, 0) is 32.6 Å². The summed E-state index contributed by atoms with van der Waals surface area (Å²) in [5.74, 6) is -0.184. The molecule has 0 fully saturated rings. The van der Waals surface area contributed by atoms with Crippen molar-refractivity contribution in [3.63, 3.8) is 0 Å². The summed E-state index contributed by atoms with van der Waals surface area (Å²) in [6.45, 7) is 5.33. The molecule has 1 unspecified atom stereocenters. The van der Waals surface area contributed by atoms with Gasteiger partial charge in [-0.25, -0.2) is 0 Å². The zero-order valence-corrected chi connectivity index (χ0v) is 15.7. The summed E-state index contributed by atoms with van der Waals surface area (Å²) in [7, 11) is -4.45. The van der Waals surface area contributed by atoms with E-state index in [1.54, 1.807) is 13.8 Å². The number of unbranched alkanes of at least 4 members (excludes halogenated alkanes) is 7. The Morgan fingerprint density at radius 3 is 1.73 bits per heavy atom. The SMILES string of the molecule is CCCCCCCCCCC(CC(C)=S(=O)=O)C(C)=S(=O)=O. The molecule has 4 nitrogen and oxygen atoms in total. The van der Waals surface area contributed by atoms with Gasteiger partial charge in [0.2, 0.25) is 20.6 Å². The molecule has 0 aliphatic heterocycles. The monoisotopic (exact) mass is 350 g/mol. The predicted molar refractivity (Wildman–Crippen MR) is 94.5 cm³/mol. The van der Waals surface area contributed by atoms with Gasteiger partial charge in [0.25, 0.3) is 0 Å². The Morgan fingerprint density at radius 1 is 0.773 bits per heavy atom. The van der Waals surface area contributed by atoms with Crippen LogP contribution in [0.3, 0.4) is 0 Å². The molecule has 0 spiro atoms. The summed E-state index contributed by atoms with van der Waals surface area (Å²) in [5, 5.41) is 0. The van der Waals surface area contributed by atoms with Crippen LogP contribution in [0, 0.1) is 5.92 Å².